The number of nitrogens with zero attached hydrogens (tertiary/aromatic N) is 1. The van der Waals surface area contributed by atoms with E-state index >= 15 is 0 Å². The Labute approximate surface area is 118 Å². The largest absolute Gasteiger partial charge is 0.504 e. The van der Waals surface area contributed by atoms with Crippen LogP contribution in [0.1, 0.15) is 5.69 Å². The lowest BCUT2D eigenvalue weighted by molar-refractivity contribution is -0.290. The van der Waals surface area contributed by atoms with Crippen molar-refractivity contribution in [2.75, 3.05) is 0 Å². The van der Waals surface area contributed by atoms with Crippen LogP contribution in [0.3, 0.4) is 0 Å². The number of pyridine rings is 1. The fourth-order valence-corrected chi connectivity index (χ4v) is 2.04. The van der Waals surface area contributed by atoms with E-state index in [1.807, 2.05) is 0 Å². The summed E-state index contributed by atoms with van der Waals surface area (Å²) in [5.41, 5.74) is -2.07. The molecule has 9 heteroatoms. The van der Waals surface area contributed by atoms with Crippen LogP contribution in [0.5, 0.6) is 5.75 Å². The number of rotatable bonds is 1. The quantitative estimate of drug-likeness (QED) is 0.754. The van der Waals surface area contributed by atoms with Gasteiger partial charge in [0.15, 0.2) is 5.75 Å². The van der Waals surface area contributed by atoms with Crippen molar-refractivity contribution >= 4 is 34.1 Å². The molecule has 1 N–H and O–H groups in total. The van der Waals surface area contributed by atoms with E-state index < -0.39 is 29.1 Å². The molecule has 0 aliphatic carbocycles. The van der Waals surface area contributed by atoms with Gasteiger partial charge in [0.25, 0.3) is 0 Å². The Morgan fingerprint density at radius 3 is 2.15 bits per heavy atom. The van der Waals surface area contributed by atoms with Crippen molar-refractivity contribution in [3.8, 4) is 5.75 Å². The van der Waals surface area contributed by atoms with Gasteiger partial charge in [-0.15, -0.1) is 0 Å². The van der Waals surface area contributed by atoms with Crippen molar-refractivity contribution in [2.24, 2.45) is 0 Å². The molecular weight excluding hydrogens is 328 g/mol. The third-order valence-corrected chi connectivity index (χ3v) is 3.14. The lowest BCUT2D eigenvalue weighted by Crippen LogP contribution is -2.34. The van der Waals surface area contributed by atoms with E-state index in [9.17, 15) is 27.1 Å². The molecule has 0 aliphatic rings. The van der Waals surface area contributed by atoms with Gasteiger partial charge in [-0.25, -0.2) is 4.98 Å². The van der Waals surface area contributed by atoms with Gasteiger partial charge in [-0.3, -0.25) is 0 Å². The van der Waals surface area contributed by atoms with Crippen molar-refractivity contribution in [1.29, 1.82) is 0 Å². The number of aromatic hydroxyl groups is 1. The lowest BCUT2D eigenvalue weighted by atomic mass is 10.1. The first-order chi connectivity index (χ1) is 9.05. The summed E-state index contributed by atoms with van der Waals surface area (Å²) >= 11 is 11.3. The molecular formula is C11H4Cl2F5NO. The highest BCUT2D eigenvalue weighted by Gasteiger charge is 2.59. The monoisotopic (exact) mass is 331 g/mol. The van der Waals surface area contributed by atoms with Gasteiger partial charge in [0, 0.05) is 5.39 Å². The summed E-state index contributed by atoms with van der Waals surface area (Å²) in [6, 6.07) is 2.54. The number of fused-ring (bicyclic) bond motifs is 1. The molecule has 2 nitrogen and oxygen atoms in total. The van der Waals surface area contributed by atoms with Crippen LogP contribution in [0.2, 0.25) is 10.0 Å². The zero-order chi connectivity index (χ0) is 15.3. The molecule has 0 spiro atoms. The van der Waals surface area contributed by atoms with Crippen LogP contribution in [0.4, 0.5) is 22.0 Å². The number of hydrogen-bond donors (Lipinski definition) is 1. The zero-order valence-electron chi connectivity index (χ0n) is 9.27. The van der Waals surface area contributed by atoms with Crippen LogP contribution < -0.4 is 0 Å². The molecule has 0 aliphatic heterocycles. The van der Waals surface area contributed by atoms with E-state index in [1.54, 1.807) is 0 Å². The van der Waals surface area contributed by atoms with E-state index in [-0.39, 0.29) is 15.4 Å². The molecule has 2 rings (SSSR count). The van der Waals surface area contributed by atoms with Gasteiger partial charge in [0.1, 0.15) is 11.2 Å². The molecule has 0 atom stereocenters. The van der Waals surface area contributed by atoms with Gasteiger partial charge in [-0.1, -0.05) is 23.2 Å². The highest BCUT2D eigenvalue weighted by Crippen LogP contribution is 2.44. The van der Waals surface area contributed by atoms with Gasteiger partial charge in [-0.05, 0) is 18.2 Å². The van der Waals surface area contributed by atoms with Gasteiger partial charge in [0.05, 0.1) is 10.0 Å². The molecule has 0 fully saturated rings. The second kappa shape index (κ2) is 4.60. The summed E-state index contributed by atoms with van der Waals surface area (Å²) in [5.74, 6) is -5.87. The topological polar surface area (TPSA) is 33.1 Å². The summed E-state index contributed by atoms with van der Waals surface area (Å²) < 4.78 is 63.2. The Morgan fingerprint density at radius 2 is 1.60 bits per heavy atom. The molecule has 0 unspecified atom stereocenters. The molecule has 20 heavy (non-hydrogen) atoms. The average Bonchev–Trinajstić information content (AvgIpc) is 2.34. The van der Waals surface area contributed by atoms with Crippen molar-refractivity contribution < 1.29 is 27.1 Å². The van der Waals surface area contributed by atoms with Crippen LogP contribution in [0.25, 0.3) is 10.9 Å². The van der Waals surface area contributed by atoms with E-state index in [4.69, 9.17) is 23.2 Å². The molecule has 0 amide bonds. The number of aromatic nitrogens is 1. The Bertz CT molecular complexity index is 687. The molecule has 108 valence electrons. The standard InChI is InChI=1S/C11H4Cl2F5NO/c12-5-3-6(13)9(20)8-4(5)1-2-7(19-8)10(14,15)11(16,17)18/h1-3,20H. The number of phenolic OH excluding ortho intramolecular Hbond substituents is 1. The Balaban J connectivity index is 2.75. The first-order valence-electron chi connectivity index (χ1n) is 4.98. The van der Waals surface area contributed by atoms with Crippen molar-refractivity contribution in [3.05, 3.63) is 33.9 Å². The average molecular weight is 332 g/mol. The smallest absolute Gasteiger partial charge is 0.459 e. The Morgan fingerprint density at radius 1 is 1.00 bits per heavy atom. The van der Waals surface area contributed by atoms with E-state index in [0.29, 0.717) is 6.07 Å². The number of alkyl halides is 5. The van der Waals surface area contributed by atoms with Crippen molar-refractivity contribution in [2.45, 2.75) is 12.1 Å². The molecule has 1 aromatic heterocycles. The van der Waals surface area contributed by atoms with Crippen LogP contribution in [0, 0.1) is 0 Å². The number of phenols is 1. The Hall–Kier alpha value is -1.34. The van der Waals surface area contributed by atoms with Gasteiger partial charge < -0.3 is 5.11 Å². The minimum atomic E-state index is -5.80. The normalized spacial score (nSPS) is 12.9. The van der Waals surface area contributed by atoms with Crippen molar-refractivity contribution in [1.82, 2.24) is 4.98 Å². The van der Waals surface area contributed by atoms with Crippen LogP contribution in [0.15, 0.2) is 18.2 Å². The molecule has 2 aromatic rings. The van der Waals surface area contributed by atoms with E-state index in [2.05, 4.69) is 4.98 Å². The fraction of sp³-hybridized carbons (Fsp3) is 0.182. The highest BCUT2D eigenvalue weighted by molar-refractivity contribution is 6.39. The second-order valence-electron chi connectivity index (χ2n) is 3.85. The van der Waals surface area contributed by atoms with Crippen LogP contribution in [-0.4, -0.2) is 16.3 Å². The maximum Gasteiger partial charge on any atom is 0.459 e. The second-order valence-corrected chi connectivity index (χ2v) is 4.67. The fourth-order valence-electron chi connectivity index (χ4n) is 1.52. The minimum absolute atomic E-state index is 0.00953. The maximum atomic E-state index is 13.2. The van der Waals surface area contributed by atoms with Gasteiger partial charge >= 0.3 is 12.1 Å². The first-order valence-corrected chi connectivity index (χ1v) is 5.74. The molecule has 0 radical (unpaired) electrons. The molecule has 0 bridgehead atoms. The number of halogens is 7. The third kappa shape index (κ3) is 2.25. The Kier molecular flexibility index (Phi) is 3.46. The summed E-state index contributed by atoms with van der Waals surface area (Å²) in [6.45, 7) is 0. The lowest BCUT2D eigenvalue weighted by Gasteiger charge is -2.19. The first kappa shape index (κ1) is 15.1. The SMILES string of the molecule is Oc1c(Cl)cc(Cl)c2ccc(C(F)(F)C(F)(F)F)nc12. The van der Waals surface area contributed by atoms with E-state index in [0.717, 1.165) is 12.1 Å². The van der Waals surface area contributed by atoms with Crippen LogP contribution >= 0.6 is 23.2 Å². The molecule has 1 aromatic carbocycles. The summed E-state index contributed by atoms with van der Waals surface area (Å²) in [6.07, 6.45) is -5.80. The molecule has 1 heterocycles. The number of hydrogen-bond acceptors (Lipinski definition) is 2. The maximum absolute atomic E-state index is 13.2. The minimum Gasteiger partial charge on any atom is -0.504 e. The van der Waals surface area contributed by atoms with Gasteiger partial charge in [-0.2, -0.15) is 22.0 Å². The number of benzene rings is 1. The molecule has 0 saturated heterocycles. The predicted octanol–water partition coefficient (Wildman–Crippen LogP) is 4.90. The predicted molar refractivity (Wildman–Crippen MR) is 63.4 cm³/mol. The zero-order valence-corrected chi connectivity index (χ0v) is 10.8. The van der Waals surface area contributed by atoms with Crippen molar-refractivity contribution in [3.63, 3.8) is 0 Å². The van der Waals surface area contributed by atoms with Gasteiger partial charge in [0.2, 0.25) is 0 Å². The van der Waals surface area contributed by atoms with E-state index in [1.165, 1.54) is 0 Å². The summed E-state index contributed by atoms with van der Waals surface area (Å²) in [5, 5.41) is 9.27. The highest BCUT2D eigenvalue weighted by atomic mass is 35.5. The third-order valence-electron chi connectivity index (χ3n) is 2.53. The summed E-state index contributed by atoms with van der Waals surface area (Å²) in [4.78, 5) is 3.15. The summed E-state index contributed by atoms with van der Waals surface area (Å²) in [7, 11) is 0. The molecule has 0 saturated carbocycles. The van der Waals surface area contributed by atoms with Crippen LogP contribution in [-0.2, 0) is 5.92 Å².